The molecule has 1 aromatic carbocycles. The molecule has 2 unspecified atom stereocenters. The van der Waals surface area contributed by atoms with Crippen LogP contribution in [0.4, 0.5) is 5.69 Å². The molecule has 2 atom stereocenters. The number of hydrogen-bond donors (Lipinski definition) is 2. The Hall–Kier alpha value is -1.57. The molecular weight excluding hydrogens is 357 g/mol. The van der Waals surface area contributed by atoms with E-state index in [1.54, 1.807) is 0 Å². The van der Waals surface area contributed by atoms with Gasteiger partial charge < -0.3 is 15.4 Å². The average Bonchev–Trinajstić information content (AvgIpc) is 2.51. The summed E-state index contributed by atoms with van der Waals surface area (Å²) >= 11 is 5.74. The zero-order valence-electron chi connectivity index (χ0n) is 13.3. The standard InChI is InChI=1S/C15H20ClN3O4.ClH/c1-10-4-6-17-9-12(10)18-15(20)5-7-23-14-3-2-11(16)8-13(14)19(21)22;/h2-3,8,10,12,17H,4-7,9H2,1H3,(H,18,20);1H. The van der Waals surface area contributed by atoms with Crippen molar-refractivity contribution in [1.82, 2.24) is 10.6 Å². The second-order valence-electron chi connectivity index (χ2n) is 5.61. The number of hydrogen-bond acceptors (Lipinski definition) is 5. The number of carbonyl (C=O) groups excluding carboxylic acids is 1. The zero-order chi connectivity index (χ0) is 16.8. The van der Waals surface area contributed by atoms with Crippen molar-refractivity contribution in [2.45, 2.75) is 25.8 Å². The number of nitrogens with one attached hydrogen (secondary N) is 2. The Balaban J connectivity index is 0.00000288. The van der Waals surface area contributed by atoms with Crippen LogP contribution in [0.3, 0.4) is 0 Å². The summed E-state index contributed by atoms with van der Waals surface area (Å²) in [6, 6.07) is 4.29. The number of carbonyl (C=O) groups is 1. The summed E-state index contributed by atoms with van der Waals surface area (Å²) in [5, 5.41) is 17.4. The summed E-state index contributed by atoms with van der Waals surface area (Å²) in [7, 11) is 0. The van der Waals surface area contributed by atoms with Crippen LogP contribution in [-0.4, -0.2) is 36.6 Å². The first kappa shape index (κ1) is 20.5. The molecule has 1 aliphatic heterocycles. The molecule has 0 bridgehead atoms. The molecule has 1 amide bonds. The molecule has 0 aromatic heterocycles. The van der Waals surface area contributed by atoms with Crippen LogP contribution in [0.5, 0.6) is 5.75 Å². The van der Waals surface area contributed by atoms with E-state index < -0.39 is 4.92 Å². The Morgan fingerprint density at radius 3 is 2.96 bits per heavy atom. The number of piperidine rings is 1. The van der Waals surface area contributed by atoms with Gasteiger partial charge in [-0.3, -0.25) is 14.9 Å². The maximum absolute atomic E-state index is 11.9. The number of benzene rings is 1. The number of nitro groups is 1. The second-order valence-corrected chi connectivity index (χ2v) is 6.05. The van der Waals surface area contributed by atoms with Crippen LogP contribution in [0.15, 0.2) is 18.2 Å². The molecule has 1 aliphatic rings. The van der Waals surface area contributed by atoms with Gasteiger partial charge in [0.25, 0.3) is 0 Å². The third-order valence-electron chi connectivity index (χ3n) is 3.88. The van der Waals surface area contributed by atoms with Gasteiger partial charge in [-0.2, -0.15) is 0 Å². The normalized spacial score (nSPS) is 19.9. The van der Waals surface area contributed by atoms with Crippen molar-refractivity contribution in [1.29, 1.82) is 0 Å². The molecule has 0 radical (unpaired) electrons. The number of nitro benzene ring substituents is 1. The van der Waals surface area contributed by atoms with Crippen molar-refractivity contribution in [3.8, 4) is 5.75 Å². The van der Waals surface area contributed by atoms with Crippen molar-refractivity contribution < 1.29 is 14.5 Å². The first-order valence-corrected chi connectivity index (χ1v) is 7.92. The molecule has 0 spiro atoms. The third kappa shape index (κ3) is 5.81. The van der Waals surface area contributed by atoms with Gasteiger partial charge in [0.15, 0.2) is 5.75 Å². The van der Waals surface area contributed by atoms with Crippen LogP contribution in [0, 0.1) is 16.0 Å². The summed E-state index contributed by atoms with van der Waals surface area (Å²) in [5.74, 6) is 0.417. The molecule has 0 saturated carbocycles. The van der Waals surface area contributed by atoms with E-state index in [0.717, 1.165) is 19.5 Å². The lowest BCUT2D eigenvalue weighted by Gasteiger charge is -2.30. The Bertz CT molecular complexity index is 586. The Morgan fingerprint density at radius 1 is 1.54 bits per heavy atom. The van der Waals surface area contributed by atoms with E-state index in [-0.39, 0.29) is 53.8 Å². The third-order valence-corrected chi connectivity index (χ3v) is 4.11. The summed E-state index contributed by atoms with van der Waals surface area (Å²) in [6.07, 6.45) is 1.17. The highest BCUT2D eigenvalue weighted by molar-refractivity contribution is 6.30. The monoisotopic (exact) mass is 377 g/mol. The average molecular weight is 378 g/mol. The molecule has 2 N–H and O–H groups in total. The molecule has 134 valence electrons. The van der Waals surface area contributed by atoms with Crippen LogP contribution >= 0.6 is 24.0 Å². The van der Waals surface area contributed by atoms with Crippen molar-refractivity contribution >= 4 is 35.6 Å². The lowest BCUT2D eigenvalue weighted by atomic mass is 9.95. The molecule has 0 aliphatic carbocycles. The quantitative estimate of drug-likeness (QED) is 0.586. The van der Waals surface area contributed by atoms with E-state index in [2.05, 4.69) is 17.6 Å². The zero-order valence-corrected chi connectivity index (χ0v) is 14.9. The number of nitrogens with zero attached hydrogens (tertiary/aromatic N) is 1. The van der Waals surface area contributed by atoms with Gasteiger partial charge in [-0.25, -0.2) is 0 Å². The van der Waals surface area contributed by atoms with Crippen molar-refractivity contribution in [3.63, 3.8) is 0 Å². The first-order valence-electron chi connectivity index (χ1n) is 7.54. The molecule has 7 nitrogen and oxygen atoms in total. The predicted octanol–water partition coefficient (Wildman–Crippen LogP) is 2.55. The molecule has 1 saturated heterocycles. The van der Waals surface area contributed by atoms with Gasteiger partial charge in [-0.15, -0.1) is 12.4 Å². The highest BCUT2D eigenvalue weighted by Crippen LogP contribution is 2.29. The van der Waals surface area contributed by atoms with Crippen LogP contribution in [-0.2, 0) is 4.79 Å². The van der Waals surface area contributed by atoms with Crippen molar-refractivity contribution in [2.24, 2.45) is 5.92 Å². The van der Waals surface area contributed by atoms with Crippen LogP contribution < -0.4 is 15.4 Å². The van der Waals surface area contributed by atoms with E-state index in [4.69, 9.17) is 16.3 Å². The van der Waals surface area contributed by atoms with Gasteiger partial charge >= 0.3 is 5.69 Å². The smallest absolute Gasteiger partial charge is 0.312 e. The molecule has 2 rings (SSSR count). The minimum absolute atomic E-state index is 0. The topological polar surface area (TPSA) is 93.5 Å². The van der Waals surface area contributed by atoms with Gasteiger partial charge in [0.05, 0.1) is 18.0 Å². The Morgan fingerprint density at radius 2 is 2.29 bits per heavy atom. The van der Waals surface area contributed by atoms with Crippen LogP contribution in [0.25, 0.3) is 0 Å². The lowest BCUT2D eigenvalue weighted by Crippen LogP contribution is -2.50. The van der Waals surface area contributed by atoms with Gasteiger partial charge in [0, 0.05) is 23.7 Å². The second kappa shape index (κ2) is 9.66. The Labute approximate surface area is 151 Å². The summed E-state index contributed by atoms with van der Waals surface area (Å²) < 4.78 is 5.36. The number of amides is 1. The number of rotatable bonds is 6. The number of halogens is 2. The lowest BCUT2D eigenvalue weighted by molar-refractivity contribution is -0.385. The van der Waals surface area contributed by atoms with E-state index in [9.17, 15) is 14.9 Å². The van der Waals surface area contributed by atoms with Crippen LogP contribution in [0.1, 0.15) is 19.8 Å². The predicted molar refractivity (Wildman–Crippen MR) is 94.0 cm³/mol. The number of ether oxygens (including phenoxy) is 1. The molecular formula is C15H21Cl2N3O4. The molecule has 1 fully saturated rings. The van der Waals surface area contributed by atoms with E-state index in [1.807, 2.05) is 0 Å². The maximum Gasteiger partial charge on any atom is 0.312 e. The minimum Gasteiger partial charge on any atom is -0.486 e. The SMILES string of the molecule is CC1CCNCC1NC(=O)CCOc1ccc(Cl)cc1[N+](=O)[O-].Cl. The molecule has 24 heavy (non-hydrogen) atoms. The van der Waals surface area contributed by atoms with Gasteiger partial charge in [-0.05, 0) is 31.0 Å². The fourth-order valence-corrected chi connectivity index (χ4v) is 2.64. The largest absolute Gasteiger partial charge is 0.486 e. The highest BCUT2D eigenvalue weighted by Gasteiger charge is 2.22. The summed E-state index contributed by atoms with van der Waals surface area (Å²) in [4.78, 5) is 22.3. The highest BCUT2D eigenvalue weighted by atomic mass is 35.5. The van der Waals surface area contributed by atoms with Crippen molar-refractivity contribution in [2.75, 3.05) is 19.7 Å². The van der Waals surface area contributed by atoms with Crippen LogP contribution in [0.2, 0.25) is 5.02 Å². The van der Waals surface area contributed by atoms with E-state index in [0.29, 0.717) is 5.92 Å². The fourth-order valence-electron chi connectivity index (χ4n) is 2.47. The van der Waals surface area contributed by atoms with E-state index in [1.165, 1.54) is 18.2 Å². The van der Waals surface area contributed by atoms with Crippen molar-refractivity contribution in [3.05, 3.63) is 33.3 Å². The Kier molecular flexibility index (Phi) is 8.24. The maximum atomic E-state index is 11.9. The van der Waals surface area contributed by atoms with Gasteiger partial charge in [0.1, 0.15) is 0 Å². The summed E-state index contributed by atoms with van der Waals surface area (Å²) in [5.41, 5.74) is -0.206. The van der Waals surface area contributed by atoms with Gasteiger partial charge in [0.2, 0.25) is 5.91 Å². The fraction of sp³-hybridized carbons (Fsp3) is 0.533. The van der Waals surface area contributed by atoms with E-state index >= 15 is 0 Å². The first-order chi connectivity index (χ1) is 11.0. The minimum atomic E-state index is -0.559. The molecule has 9 heteroatoms. The molecule has 1 heterocycles. The van der Waals surface area contributed by atoms with Gasteiger partial charge in [-0.1, -0.05) is 18.5 Å². The summed E-state index contributed by atoms with van der Waals surface area (Å²) in [6.45, 7) is 3.91. The molecule has 1 aromatic rings.